The van der Waals surface area contributed by atoms with Gasteiger partial charge in [-0.05, 0) is 18.2 Å². The van der Waals surface area contributed by atoms with Gasteiger partial charge in [0, 0.05) is 6.20 Å². The number of hydrogen-bond acceptors (Lipinski definition) is 3. The second kappa shape index (κ2) is 3.59. The minimum Gasteiger partial charge on any atom is -0.296 e. The Morgan fingerprint density at radius 2 is 2.21 bits per heavy atom. The lowest BCUT2D eigenvalue weighted by molar-refractivity contribution is 0.111. The maximum atomic E-state index is 10.5. The monoisotopic (exact) mass is 207 g/mol. The number of halogens is 1. The van der Waals surface area contributed by atoms with E-state index in [4.69, 9.17) is 11.6 Å². The lowest BCUT2D eigenvalue weighted by Crippen LogP contribution is -1.99. The van der Waals surface area contributed by atoms with Crippen molar-refractivity contribution in [2.24, 2.45) is 0 Å². The van der Waals surface area contributed by atoms with Crippen molar-refractivity contribution >= 4 is 17.9 Å². The fourth-order valence-electron chi connectivity index (χ4n) is 1.06. The summed E-state index contributed by atoms with van der Waals surface area (Å²) >= 11 is 5.65. The molecule has 0 spiro atoms. The molecule has 0 aliphatic heterocycles. The lowest BCUT2D eigenvalue weighted by atomic mass is 10.4. The molecule has 0 saturated heterocycles. The van der Waals surface area contributed by atoms with Gasteiger partial charge in [-0.3, -0.25) is 4.79 Å². The number of nitrogens with zero attached hydrogens (tertiary/aromatic N) is 3. The SMILES string of the molecule is O=Cc1cccc(-n2ccc(Cl)n2)n1. The average molecular weight is 208 g/mol. The van der Waals surface area contributed by atoms with Crippen molar-refractivity contribution in [2.45, 2.75) is 0 Å². The molecule has 2 heterocycles. The molecule has 2 aromatic rings. The maximum absolute atomic E-state index is 10.5. The Hall–Kier alpha value is -1.68. The zero-order valence-electron chi connectivity index (χ0n) is 7.09. The Labute approximate surface area is 85.1 Å². The number of aromatic nitrogens is 3. The molecule has 0 saturated carbocycles. The minimum atomic E-state index is 0.370. The molecule has 0 unspecified atom stereocenters. The summed E-state index contributed by atoms with van der Waals surface area (Å²) in [6, 6.07) is 6.76. The van der Waals surface area contributed by atoms with E-state index >= 15 is 0 Å². The minimum absolute atomic E-state index is 0.370. The predicted molar refractivity (Wildman–Crippen MR) is 51.8 cm³/mol. The quantitative estimate of drug-likeness (QED) is 0.705. The van der Waals surface area contributed by atoms with Gasteiger partial charge in [0.25, 0.3) is 0 Å². The summed E-state index contributed by atoms with van der Waals surface area (Å²) in [5, 5.41) is 4.35. The molecular weight excluding hydrogens is 202 g/mol. The molecule has 0 N–H and O–H groups in total. The first-order valence-electron chi connectivity index (χ1n) is 3.93. The Bertz CT molecular complexity index is 467. The van der Waals surface area contributed by atoms with Crippen molar-refractivity contribution in [1.82, 2.24) is 14.8 Å². The van der Waals surface area contributed by atoms with E-state index in [1.807, 2.05) is 0 Å². The Morgan fingerprint density at radius 1 is 1.36 bits per heavy atom. The molecule has 4 nitrogen and oxygen atoms in total. The van der Waals surface area contributed by atoms with Crippen LogP contribution in [0.5, 0.6) is 0 Å². The topological polar surface area (TPSA) is 47.8 Å². The molecule has 2 rings (SSSR count). The van der Waals surface area contributed by atoms with Crippen molar-refractivity contribution in [3.8, 4) is 5.82 Å². The van der Waals surface area contributed by atoms with E-state index in [9.17, 15) is 4.79 Å². The number of carbonyl (C=O) groups excluding carboxylic acids is 1. The van der Waals surface area contributed by atoms with Crippen LogP contribution < -0.4 is 0 Å². The van der Waals surface area contributed by atoms with E-state index in [2.05, 4.69) is 10.1 Å². The van der Waals surface area contributed by atoms with Gasteiger partial charge in [-0.1, -0.05) is 17.7 Å². The predicted octanol–water partition coefficient (Wildman–Crippen LogP) is 1.73. The molecule has 0 aliphatic rings. The molecule has 5 heteroatoms. The zero-order valence-corrected chi connectivity index (χ0v) is 7.85. The standard InChI is InChI=1S/C9H6ClN3O/c10-8-4-5-13(12-8)9-3-1-2-7(6-14)11-9/h1-6H. The van der Waals surface area contributed by atoms with Crippen LogP contribution in [-0.4, -0.2) is 21.1 Å². The number of aldehydes is 1. The van der Waals surface area contributed by atoms with Gasteiger partial charge >= 0.3 is 0 Å². The third-order valence-corrected chi connectivity index (χ3v) is 1.87. The van der Waals surface area contributed by atoms with Crippen molar-refractivity contribution < 1.29 is 4.79 Å². The first kappa shape index (κ1) is 8.90. The fourth-order valence-corrected chi connectivity index (χ4v) is 1.20. The van der Waals surface area contributed by atoms with Gasteiger partial charge < -0.3 is 0 Å². The largest absolute Gasteiger partial charge is 0.296 e. The Kier molecular flexibility index (Phi) is 2.28. The highest BCUT2D eigenvalue weighted by atomic mass is 35.5. The highest BCUT2D eigenvalue weighted by Crippen LogP contribution is 2.08. The maximum Gasteiger partial charge on any atom is 0.168 e. The van der Waals surface area contributed by atoms with E-state index in [-0.39, 0.29) is 0 Å². The molecular formula is C9H6ClN3O. The first-order valence-corrected chi connectivity index (χ1v) is 4.31. The van der Waals surface area contributed by atoms with E-state index in [1.165, 1.54) is 4.68 Å². The summed E-state index contributed by atoms with van der Waals surface area (Å²) < 4.78 is 1.51. The molecule has 0 bridgehead atoms. The molecule has 2 aromatic heterocycles. The second-order valence-corrected chi connectivity index (χ2v) is 3.01. The highest BCUT2D eigenvalue weighted by Gasteiger charge is 2.00. The van der Waals surface area contributed by atoms with Gasteiger partial charge in [-0.15, -0.1) is 0 Å². The Balaban J connectivity index is 2.46. The van der Waals surface area contributed by atoms with Crippen molar-refractivity contribution in [2.75, 3.05) is 0 Å². The van der Waals surface area contributed by atoms with Gasteiger partial charge in [0.1, 0.15) is 5.69 Å². The number of hydrogen-bond donors (Lipinski definition) is 0. The van der Waals surface area contributed by atoms with Gasteiger partial charge in [-0.25, -0.2) is 9.67 Å². The normalized spacial score (nSPS) is 10.1. The number of carbonyl (C=O) groups is 1. The summed E-state index contributed by atoms with van der Waals surface area (Å²) in [4.78, 5) is 14.5. The van der Waals surface area contributed by atoms with Gasteiger partial charge in [0.2, 0.25) is 0 Å². The highest BCUT2D eigenvalue weighted by molar-refractivity contribution is 6.29. The van der Waals surface area contributed by atoms with E-state index in [1.54, 1.807) is 30.5 Å². The first-order chi connectivity index (χ1) is 6.79. The molecule has 0 amide bonds. The van der Waals surface area contributed by atoms with Crippen molar-refractivity contribution in [1.29, 1.82) is 0 Å². The average Bonchev–Trinajstić information content (AvgIpc) is 2.65. The number of pyridine rings is 1. The molecule has 0 atom stereocenters. The van der Waals surface area contributed by atoms with Crippen molar-refractivity contribution in [3.05, 3.63) is 41.3 Å². The summed E-state index contributed by atoms with van der Waals surface area (Å²) in [6.07, 6.45) is 2.37. The van der Waals surface area contributed by atoms with Crippen molar-refractivity contribution in [3.63, 3.8) is 0 Å². The molecule has 70 valence electrons. The smallest absolute Gasteiger partial charge is 0.168 e. The van der Waals surface area contributed by atoms with Crippen LogP contribution in [0.2, 0.25) is 5.15 Å². The summed E-state index contributed by atoms with van der Waals surface area (Å²) in [7, 11) is 0. The van der Waals surface area contributed by atoms with Crippen LogP contribution in [-0.2, 0) is 0 Å². The van der Waals surface area contributed by atoms with Crippen LogP contribution in [0.3, 0.4) is 0 Å². The van der Waals surface area contributed by atoms with Crippen LogP contribution >= 0.6 is 11.6 Å². The van der Waals surface area contributed by atoms with Crippen LogP contribution in [0.4, 0.5) is 0 Å². The van der Waals surface area contributed by atoms with E-state index < -0.39 is 0 Å². The molecule has 0 aliphatic carbocycles. The van der Waals surface area contributed by atoms with Crippen LogP contribution in [0.25, 0.3) is 5.82 Å². The van der Waals surface area contributed by atoms with Gasteiger partial charge in [-0.2, -0.15) is 5.10 Å². The Morgan fingerprint density at radius 3 is 2.86 bits per heavy atom. The number of rotatable bonds is 2. The van der Waals surface area contributed by atoms with Gasteiger partial charge in [0.15, 0.2) is 17.3 Å². The van der Waals surface area contributed by atoms with Crippen LogP contribution in [0.15, 0.2) is 30.5 Å². The summed E-state index contributed by atoms with van der Waals surface area (Å²) in [5.41, 5.74) is 0.370. The zero-order chi connectivity index (χ0) is 9.97. The molecule has 0 radical (unpaired) electrons. The fraction of sp³-hybridized carbons (Fsp3) is 0. The molecule has 0 aromatic carbocycles. The van der Waals surface area contributed by atoms with Gasteiger partial charge in [0.05, 0.1) is 0 Å². The second-order valence-electron chi connectivity index (χ2n) is 2.62. The summed E-state index contributed by atoms with van der Waals surface area (Å²) in [6.45, 7) is 0. The van der Waals surface area contributed by atoms with E-state index in [0.717, 1.165) is 0 Å². The molecule has 0 fully saturated rings. The molecule has 14 heavy (non-hydrogen) atoms. The van der Waals surface area contributed by atoms with Crippen LogP contribution in [0, 0.1) is 0 Å². The van der Waals surface area contributed by atoms with E-state index in [0.29, 0.717) is 23.0 Å². The van der Waals surface area contributed by atoms with Crippen LogP contribution in [0.1, 0.15) is 10.5 Å². The summed E-state index contributed by atoms with van der Waals surface area (Å²) in [5.74, 6) is 0.571. The third-order valence-electron chi connectivity index (χ3n) is 1.67. The lowest BCUT2D eigenvalue weighted by Gasteiger charge is -1.99. The third kappa shape index (κ3) is 1.65.